The first-order valence-electron chi connectivity index (χ1n) is 4.52. The van der Waals surface area contributed by atoms with Crippen LogP contribution in [0, 0.1) is 6.92 Å². The van der Waals surface area contributed by atoms with Crippen LogP contribution in [-0.2, 0) is 13.6 Å². The SMILES string of the molecule is Cc1nn(C)cc1NCc1cccs1.Cl. The van der Waals surface area contributed by atoms with Crippen molar-refractivity contribution in [3.8, 4) is 0 Å². The summed E-state index contributed by atoms with van der Waals surface area (Å²) in [5.41, 5.74) is 2.16. The normalized spacial score (nSPS) is 9.73. The van der Waals surface area contributed by atoms with E-state index in [2.05, 4.69) is 27.9 Å². The van der Waals surface area contributed by atoms with E-state index in [9.17, 15) is 0 Å². The van der Waals surface area contributed by atoms with Gasteiger partial charge in [0.25, 0.3) is 0 Å². The van der Waals surface area contributed by atoms with Crippen molar-refractivity contribution in [2.75, 3.05) is 5.32 Å². The second-order valence-corrected chi connectivity index (χ2v) is 4.27. The van der Waals surface area contributed by atoms with Gasteiger partial charge in [-0.3, -0.25) is 4.68 Å². The molecule has 2 rings (SSSR count). The van der Waals surface area contributed by atoms with Crippen molar-refractivity contribution in [1.29, 1.82) is 0 Å². The molecule has 1 N–H and O–H groups in total. The smallest absolute Gasteiger partial charge is 0.0825 e. The molecule has 0 atom stereocenters. The van der Waals surface area contributed by atoms with Crippen molar-refractivity contribution in [1.82, 2.24) is 9.78 Å². The molecule has 0 aliphatic rings. The maximum Gasteiger partial charge on any atom is 0.0825 e. The van der Waals surface area contributed by atoms with Crippen molar-refractivity contribution in [2.24, 2.45) is 7.05 Å². The van der Waals surface area contributed by atoms with E-state index in [1.54, 1.807) is 11.3 Å². The first-order valence-corrected chi connectivity index (χ1v) is 5.40. The quantitative estimate of drug-likeness (QED) is 0.899. The molecule has 0 aliphatic heterocycles. The Labute approximate surface area is 99.5 Å². The van der Waals surface area contributed by atoms with E-state index < -0.39 is 0 Å². The highest BCUT2D eigenvalue weighted by Crippen LogP contribution is 2.15. The fourth-order valence-corrected chi connectivity index (χ4v) is 2.01. The summed E-state index contributed by atoms with van der Waals surface area (Å²) in [6.45, 7) is 2.89. The number of hydrogen-bond donors (Lipinski definition) is 1. The Bertz CT molecular complexity index is 408. The van der Waals surface area contributed by atoms with Crippen LogP contribution in [0.2, 0.25) is 0 Å². The number of halogens is 1. The lowest BCUT2D eigenvalue weighted by molar-refractivity contribution is 0.756. The van der Waals surface area contributed by atoms with Gasteiger partial charge in [0.1, 0.15) is 0 Å². The highest BCUT2D eigenvalue weighted by Gasteiger charge is 2.01. The molecule has 2 heterocycles. The predicted molar refractivity (Wildman–Crippen MR) is 66.8 cm³/mol. The molecule has 82 valence electrons. The van der Waals surface area contributed by atoms with Crippen molar-refractivity contribution < 1.29 is 0 Å². The molecule has 0 fully saturated rings. The summed E-state index contributed by atoms with van der Waals surface area (Å²) in [4.78, 5) is 1.34. The van der Waals surface area contributed by atoms with Crippen LogP contribution in [-0.4, -0.2) is 9.78 Å². The third kappa shape index (κ3) is 2.97. The number of nitrogens with zero attached hydrogens (tertiary/aromatic N) is 2. The number of anilines is 1. The Kier molecular flexibility index (Phi) is 4.17. The van der Waals surface area contributed by atoms with Crippen LogP contribution in [0.5, 0.6) is 0 Å². The molecule has 2 aromatic rings. The summed E-state index contributed by atoms with van der Waals surface area (Å²) in [7, 11) is 1.93. The van der Waals surface area contributed by atoms with Crippen LogP contribution >= 0.6 is 23.7 Å². The average Bonchev–Trinajstić information content (AvgIpc) is 2.72. The van der Waals surface area contributed by atoms with Crippen LogP contribution in [0.15, 0.2) is 23.7 Å². The molecule has 3 nitrogen and oxygen atoms in total. The van der Waals surface area contributed by atoms with Gasteiger partial charge in [0.2, 0.25) is 0 Å². The van der Waals surface area contributed by atoms with Gasteiger partial charge in [0.05, 0.1) is 11.4 Å². The summed E-state index contributed by atoms with van der Waals surface area (Å²) in [6, 6.07) is 4.20. The minimum absolute atomic E-state index is 0. The van der Waals surface area contributed by atoms with E-state index in [-0.39, 0.29) is 12.4 Å². The fraction of sp³-hybridized carbons (Fsp3) is 0.300. The van der Waals surface area contributed by atoms with E-state index in [1.165, 1.54) is 4.88 Å². The van der Waals surface area contributed by atoms with Crippen LogP contribution < -0.4 is 5.32 Å². The molecule has 0 saturated carbocycles. The molecule has 0 saturated heterocycles. The van der Waals surface area contributed by atoms with Gasteiger partial charge in [-0.15, -0.1) is 23.7 Å². The Morgan fingerprint density at radius 3 is 2.87 bits per heavy atom. The molecular formula is C10H14ClN3S. The zero-order valence-corrected chi connectivity index (χ0v) is 10.4. The number of nitrogens with one attached hydrogen (secondary N) is 1. The third-order valence-electron chi connectivity index (χ3n) is 2.05. The van der Waals surface area contributed by atoms with Crippen LogP contribution in [0.4, 0.5) is 5.69 Å². The van der Waals surface area contributed by atoms with Crippen molar-refractivity contribution >= 4 is 29.4 Å². The van der Waals surface area contributed by atoms with Gasteiger partial charge in [-0.1, -0.05) is 6.07 Å². The first kappa shape index (κ1) is 12.1. The van der Waals surface area contributed by atoms with Gasteiger partial charge < -0.3 is 5.32 Å². The Balaban J connectivity index is 0.00000112. The Morgan fingerprint density at radius 1 is 1.53 bits per heavy atom. The summed E-state index contributed by atoms with van der Waals surface area (Å²) >= 11 is 1.77. The molecule has 0 radical (unpaired) electrons. The topological polar surface area (TPSA) is 29.9 Å². The summed E-state index contributed by atoms with van der Waals surface area (Å²) in [5.74, 6) is 0. The van der Waals surface area contributed by atoms with E-state index in [0.29, 0.717) is 0 Å². The van der Waals surface area contributed by atoms with Gasteiger partial charge >= 0.3 is 0 Å². The number of thiophene rings is 1. The monoisotopic (exact) mass is 243 g/mol. The lowest BCUT2D eigenvalue weighted by Gasteiger charge is -2.01. The van der Waals surface area contributed by atoms with E-state index >= 15 is 0 Å². The Morgan fingerprint density at radius 2 is 2.33 bits per heavy atom. The second kappa shape index (κ2) is 5.19. The lowest BCUT2D eigenvalue weighted by Crippen LogP contribution is -1.97. The molecule has 0 spiro atoms. The van der Waals surface area contributed by atoms with Crippen molar-refractivity contribution in [2.45, 2.75) is 13.5 Å². The van der Waals surface area contributed by atoms with Crippen molar-refractivity contribution in [3.63, 3.8) is 0 Å². The number of hydrogen-bond acceptors (Lipinski definition) is 3. The average molecular weight is 244 g/mol. The standard InChI is InChI=1S/C10H13N3S.ClH/c1-8-10(7-13(2)12-8)11-6-9-4-3-5-14-9;/h3-5,7,11H,6H2,1-2H3;1H. The molecule has 0 bridgehead atoms. The minimum Gasteiger partial charge on any atom is -0.377 e. The van der Waals surface area contributed by atoms with Gasteiger partial charge in [0.15, 0.2) is 0 Å². The van der Waals surface area contributed by atoms with Gasteiger partial charge in [-0.25, -0.2) is 0 Å². The van der Waals surface area contributed by atoms with E-state index in [0.717, 1.165) is 17.9 Å². The van der Waals surface area contributed by atoms with Crippen LogP contribution in [0.25, 0.3) is 0 Å². The number of aromatic nitrogens is 2. The maximum absolute atomic E-state index is 4.27. The van der Waals surface area contributed by atoms with Gasteiger partial charge in [-0.2, -0.15) is 5.10 Å². The number of rotatable bonds is 3. The predicted octanol–water partition coefficient (Wildman–Crippen LogP) is 2.82. The molecule has 2 aromatic heterocycles. The van der Waals surface area contributed by atoms with Gasteiger partial charge in [-0.05, 0) is 18.4 Å². The van der Waals surface area contributed by atoms with Crippen LogP contribution in [0.3, 0.4) is 0 Å². The molecular weight excluding hydrogens is 230 g/mol. The molecule has 0 amide bonds. The molecule has 5 heteroatoms. The highest BCUT2D eigenvalue weighted by molar-refractivity contribution is 7.09. The van der Waals surface area contributed by atoms with E-state index in [4.69, 9.17) is 0 Å². The maximum atomic E-state index is 4.27. The zero-order chi connectivity index (χ0) is 9.97. The largest absolute Gasteiger partial charge is 0.377 e. The second-order valence-electron chi connectivity index (χ2n) is 3.23. The third-order valence-corrected chi connectivity index (χ3v) is 2.92. The fourth-order valence-electron chi connectivity index (χ4n) is 1.37. The molecule has 0 aliphatic carbocycles. The highest BCUT2D eigenvalue weighted by atomic mass is 35.5. The zero-order valence-electron chi connectivity index (χ0n) is 8.73. The summed E-state index contributed by atoms with van der Waals surface area (Å²) in [5, 5.41) is 9.72. The summed E-state index contributed by atoms with van der Waals surface area (Å²) in [6.07, 6.45) is 2.00. The lowest BCUT2D eigenvalue weighted by atomic mass is 10.4. The Hall–Kier alpha value is -1.000. The molecule has 0 unspecified atom stereocenters. The molecule has 15 heavy (non-hydrogen) atoms. The minimum atomic E-state index is 0. The number of aryl methyl sites for hydroxylation is 2. The van der Waals surface area contributed by atoms with Crippen LogP contribution in [0.1, 0.15) is 10.6 Å². The van der Waals surface area contributed by atoms with Gasteiger partial charge in [0, 0.05) is 24.7 Å². The van der Waals surface area contributed by atoms with Crippen molar-refractivity contribution in [3.05, 3.63) is 34.3 Å². The summed E-state index contributed by atoms with van der Waals surface area (Å²) < 4.78 is 1.83. The first-order chi connectivity index (χ1) is 6.75. The molecule has 0 aromatic carbocycles. The van der Waals surface area contributed by atoms with E-state index in [1.807, 2.05) is 24.9 Å².